The maximum atomic E-state index is 10.2. The number of phenolic OH excluding ortho intramolecular Hbond substituents is 1. The summed E-state index contributed by atoms with van der Waals surface area (Å²) in [6.07, 6.45) is 0.803. The molecule has 0 amide bonds. The van der Waals surface area contributed by atoms with Crippen molar-refractivity contribution < 1.29 is 14.6 Å². The first-order valence-electron chi connectivity index (χ1n) is 13.2. The van der Waals surface area contributed by atoms with Gasteiger partial charge in [-0.2, -0.15) is 0 Å². The van der Waals surface area contributed by atoms with Crippen molar-refractivity contribution in [2.24, 2.45) is 15.8 Å². The van der Waals surface area contributed by atoms with E-state index in [4.69, 9.17) is 14.5 Å². The molecule has 5 heteroatoms. The normalized spacial score (nSPS) is 22.5. The molecule has 3 aromatic carbocycles. The van der Waals surface area contributed by atoms with Crippen molar-refractivity contribution in [1.29, 1.82) is 0 Å². The highest BCUT2D eigenvalue weighted by Gasteiger charge is 2.72. The number of pyridine rings is 1. The van der Waals surface area contributed by atoms with E-state index < -0.39 is 11.1 Å². The zero-order valence-electron chi connectivity index (χ0n) is 22.9. The molecule has 1 aromatic heterocycles. The van der Waals surface area contributed by atoms with E-state index in [1.807, 2.05) is 42.5 Å². The van der Waals surface area contributed by atoms with Crippen molar-refractivity contribution in [3.8, 4) is 17.4 Å². The number of nitrogens with zero attached hydrogens (tertiary/aromatic N) is 2. The molecule has 0 saturated carbocycles. The van der Waals surface area contributed by atoms with E-state index in [0.717, 1.165) is 17.4 Å². The van der Waals surface area contributed by atoms with Crippen molar-refractivity contribution in [3.63, 3.8) is 0 Å². The summed E-state index contributed by atoms with van der Waals surface area (Å²) in [4.78, 5) is 10.0. The minimum absolute atomic E-state index is 0.127. The summed E-state index contributed by atoms with van der Waals surface area (Å²) in [5, 5.41) is 11.1. The lowest BCUT2D eigenvalue weighted by Gasteiger charge is -2.52. The summed E-state index contributed by atoms with van der Waals surface area (Å²) < 4.78 is 13.2. The van der Waals surface area contributed by atoms with Crippen LogP contribution in [-0.2, 0) is 16.7 Å². The highest BCUT2D eigenvalue weighted by Crippen LogP contribution is 2.66. The lowest BCUT2D eigenvalue weighted by Crippen LogP contribution is -2.60. The molecule has 4 aromatic rings. The standard InChI is InChI=1S/C33H34N2O3/c1-30(2,3)32-20-23-11-7-8-15-25(23)33(32,31(4,5)6)35-29(38-32)22-13-9-14-24(19-22)37-27-18-17-21-12-10-16-26(36)28(21)34-27/h7-19,36H,20H2,1-6H3/t32-,33+/m0/s1. The van der Waals surface area contributed by atoms with Crippen LogP contribution in [0.25, 0.3) is 10.9 Å². The van der Waals surface area contributed by atoms with Crippen molar-refractivity contribution in [2.75, 3.05) is 0 Å². The molecule has 38 heavy (non-hydrogen) atoms. The Morgan fingerprint density at radius 1 is 0.842 bits per heavy atom. The molecule has 2 aliphatic rings. The first-order valence-corrected chi connectivity index (χ1v) is 13.2. The number of aromatic hydroxyl groups is 1. The first-order chi connectivity index (χ1) is 18.0. The molecule has 0 radical (unpaired) electrons. The molecule has 5 nitrogen and oxygen atoms in total. The second kappa shape index (κ2) is 8.07. The first kappa shape index (κ1) is 24.5. The Hall–Kier alpha value is -3.86. The number of aliphatic imine (C=N–C) groups is 1. The van der Waals surface area contributed by atoms with Gasteiger partial charge in [0, 0.05) is 28.9 Å². The van der Waals surface area contributed by atoms with Crippen molar-refractivity contribution in [3.05, 3.63) is 95.6 Å². The zero-order chi connectivity index (χ0) is 26.9. The fourth-order valence-electron chi connectivity index (χ4n) is 6.49. The van der Waals surface area contributed by atoms with Gasteiger partial charge in [0.05, 0.1) is 0 Å². The maximum absolute atomic E-state index is 10.2. The van der Waals surface area contributed by atoms with Crippen LogP contribution in [-0.4, -0.2) is 21.6 Å². The van der Waals surface area contributed by atoms with E-state index in [1.54, 1.807) is 12.1 Å². The molecule has 2 heterocycles. The van der Waals surface area contributed by atoms with Gasteiger partial charge >= 0.3 is 0 Å². The molecular weight excluding hydrogens is 472 g/mol. The summed E-state index contributed by atoms with van der Waals surface area (Å²) in [6.45, 7) is 13.6. The number of phenols is 1. The van der Waals surface area contributed by atoms with Gasteiger partial charge in [0.1, 0.15) is 28.2 Å². The topological polar surface area (TPSA) is 63.9 Å². The van der Waals surface area contributed by atoms with Gasteiger partial charge in [0.25, 0.3) is 0 Å². The lowest BCUT2D eigenvalue weighted by molar-refractivity contribution is -0.108. The highest BCUT2D eigenvalue weighted by atomic mass is 16.5. The predicted octanol–water partition coefficient (Wildman–Crippen LogP) is 7.79. The number of hydrogen-bond donors (Lipinski definition) is 1. The largest absolute Gasteiger partial charge is 0.506 e. The highest BCUT2D eigenvalue weighted by molar-refractivity contribution is 5.97. The van der Waals surface area contributed by atoms with Gasteiger partial charge in [-0.15, -0.1) is 0 Å². The van der Waals surface area contributed by atoms with Crippen LogP contribution < -0.4 is 4.74 Å². The predicted molar refractivity (Wildman–Crippen MR) is 151 cm³/mol. The second-order valence-electron chi connectivity index (χ2n) is 12.5. The molecule has 1 N–H and O–H groups in total. The minimum Gasteiger partial charge on any atom is -0.506 e. The van der Waals surface area contributed by atoms with Crippen LogP contribution >= 0.6 is 0 Å². The summed E-state index contributed by atoms with van der Waals surface area (Å²) >= 11 is 0. The second-order valence-corrected chi connectivity index (χ2v) is 12.5. The summed E-state index contributed by atoms with van der Waals surface area (Å²) in [5.41, 5.74) is 2.48. The van der Waals surface area contributed by atoms with E-state index in [-0.39, 0.29) is 16.6 Å². The van der Waals surface area contributed by atoms with Gasteiger partial charge in [-0.3, -0.25) is 0 Å². The van der Waals surface area contributed by atoms with Crippen LogP contribution in [0.1, 0.15) is 58.2 Å². The molecule has 194 valence electrons. The molecule has 0 unspecified atom stereocenters. The van der Waals surface area contributed by atoms with Crippen LogP contribution in [0.2, 0.25) is 0 Å². The fraction of sp³-hybridized carbons (Fsp3) is 0.333. The van der Waals surface area contributed by atoms with E-state index >= 15 is 0 Å². The van der Waals surface area contributed by atoms with Crippen LogP contribution in [0.3, 0.4) is 0 Å². The van der Waals surface area contributed by atoms with Crippen molar-refractivity contribution >= 4 is 16.8 Å². The minimum atomic E-state index is -0.543. The Balaban J connectivity index is 1.44. The van der Waals surface area contributed by atoms with Gasteiger partial charge in [0.2, 0.25) is 11.8 Å². The van der Waals surface area contributed by atoms with Gasteiger partial charge < -0.3 is 14.6 Å². The van der Waals surface area contributed by atoms with Gasteiger partial charge in [-0.05, 0) is 46.9 Å². The third-order valence-electron chi connectivity index (χ3n) is 8.24. The summed E-state index contributed by atoms with van der Waals surface area (Å²) in [7, 11) is 0. The fourth-order valence-corrected chi connectivity index (χ4v) is 6.49. The smallest absolute Gasteiger partial charge is 0.219 e. The Morgan fingerprint density at radius 2 is 1.61 bits per heavy atom. The quantitative estimate of drug-likeness (QED) is 0.308. The SMILES string of the molecule is CC(C)(C)[C@@]12Cc3ccccc3[C@]1(C(C)(C)C)N=C(c1cccc(Oc3ccc4cccc(O)c4n3)c1)O2. The summed E-state index contributed by atoms with van der Waals surface area (Å²) in [5.74, 6) is 1.80. The Kier molecular flexibility index (Phi) is 5.20. The molecular formula is C33H34N2O3. The molecule has 0 fully saturated rings. The maximum Gasteiger partial charge on any atom is 0.219 e. The van der Waals surface area contributed by atoms with E-state index in [2.05, 4.69) is 70.8 Å². The zero-order valence-corrected chi connectivity index (χ0v) is 22.9. The molecule has 1 aliphatic heterocycles. The van der Waals surface area contributed by atoms with Crippen LogP contribution in [0, 0.1) is 10.8 Å². The monoisotopic (exact) mass is 506 g/mol. The van der Waals surface area contributed by atoms with Crippen LogP contribution in [0.4, 0.5) is 0 Å². The molecule has 0 spiro atoms. The Bertz CT molecular complexity index is 1590. The Labute approximate surface area is 224 Å². The Morgan fingerprint density at radius 3 is 2.37 bits per heavy atom. The molecule has 6 rings (SSSR count). The third kappa shape index (κ3) is 3.37. The van der Waals surface area contributed by atoms with Crippen LogP contribution in [0.15, 0.2) is 83.9 Å². The lowest BCUT2D eigenvalue weighted by atomic mass is 9.56. The van der Waals surface area contributed by atoms with E-state index in [9.17, 15) is 5.11 Å². The third-order valence-corrected chi connectivity index (χ3v) is 8.24. The van der Waals surface area contributed by atoms with Crippen LogP contribution in [0.5, 0.6) is 17.4 Å². The van der Waals surface area contributed by atoms with Gasteiger partial charge in [-0.25, -0.2) is 9.98 Å². The number of benzene rings is 3. The molecule has 0 bridgehead atoms. The molecule has 1 aliphatic carbocycles. The summed E-state index contributed by atoms with van der Waals surface area (Å²) in [6, 6.07) is 25.5. The van der Waals surface area contributed by atoms with Crippen molar-refractivity contribution in [2.45, 2.75) is 59.1 Å². The number of ether oxygens (including phenoxy) is 2. The number of rotatable bonds is 3. The molecule has 0 saturated heterocycles. The average molecular weight is 507 g/mol. The van der Waals surface area contributed by atoms with E-state index in [1.165, 1.54) is 11.1 Å². The number of fused-ring (bicyclic) bond motifs is 4. The average Bonchev–Trinajstić information content (AvgIpc) is 3.36. The number of para-hydroxylation sites is 1. The molecule has 2 atom stereocenters. The number of aromatic nitrogens is 1. The number of hydrogen-bond acceptors (Lipinski definition) is 5. The van der Waals surface area contributed by atoms with Gasteiger partial charge in [-0.1, -0.05) is 84.0 Å². The van der Waals surface area contributed by atoms with E-state index in [0.29, 0.717) is 23.0 Å². The van der Waals surface area contributed by atoms with Gasteiger partial charge in [0.15, 0.2) is 0 Å². The van der Waals surface area contributed by atoms with Crippen molar-refractivity contribution in [1.82, 2.24) is 4.98 Å².